The van der Waals surface area contributed by atoms with E-state index in [9.17, 15) is 19.7 Å². The van der Waals surface area contributed by atoms with Crippen LogP contribution < -0.4 is 20.7 Å². The predicted molar refractivity (Wildman–Crippen MR) is 128 cm³/mol. The number of ether oxygens (including phenoxy) is 2. The fraction of sp³-hybridized carbons (Fsp3) is 0.0769. The van der Waals surface area contributed by atoms with Crippen molar-refractivity contribution in [1.29, 1.82) is 0 Å². The normalized spacial score (nSPS) is 11.0. The highest BCUT2D eigenvalue weighted by Gasteiger charge is 2.15. The lowest BCUT2D eigenvalue weighted by molar-refractivity contribution is -0.384. The van der Waals surface area contributed by atoms with Crippen molar-refractivity contribution in [3.63, 3.8) is 0 Å². The molecule has 35 heavy (non-hydrogen) atoms. The molecule has 3 aromatic carbocycles. The molecule has 0 atom stereocenters. The first-order valence-corrected chi connectivity index (χ1v) is 10.5. The van der Waals surface area contributed by atoms with Crippen molar-refractivity contribution in [2.75, 3.05) is 7.11 Å². The van der Waals surface area contributed by atoms with Crippen molar-refractivity contribution >= 4 is 27.6 Å². The number of fused-ring (bicyclic) bond motifs is 2. The molecule has 0 aliphatic rings. The molecule has 5 rings (SSSR count). The van der Waals surface area contributed by atoms with Crippen LogP contribution in [-0.4, -0.2) is 12.0 Å². The third-order valence-corrected chi connectivity index (χ3v) is 5.50. The fourth-order valence-electron chi connectivity index (χ4n) is 3.74. The molecule has 0 radical (unpaired) electrons. The van der Waals surface area contributed by atoms with Gasteiger partial charge in [-0.2, -0.15) is 0 Å². The maximum Gasteiger partial charge on any atom is 0.344 e. The van der Waals surface area contributed by atoms with Crippen LogP contribution in [0.15, 0.2) is 91.2 Å². The van der Waals surface area contributed by atoms with Gasteiger partial charge in [0.15, 0.2) is 0 Å². The molecule has 0 unspecified atom stereocenters. The highest BCUT2D eigenvalue weighted by Crippen LogP contribution is 2.30. The maximum atomic E-state index is 12.8. The standard InChI is InChI=1S/C26H17NO8/c1-32-18-7-4-16-10-22(26(29)35-23(16)11-18)21-13-25(28)34-24-12-19(8-9-20(21)24)33-14-15-2-5-17(6-3-15)27(30)31/h2-13H,14H2,1H3. The summed E-state index contributed by atoms with van der Waals surface area (Å²) in [5, 5.41) is 12.0. The molecule has 0 amide bonds. The quantitative estimate of drug-likeness (QED) is 0.191. The Morgan fingerprint density at radius 3 is 2.31 bits per heavy atom. The number of non-ortho nitro benzene ring substituents is 1. The number of hydrogen-bond donors (Lipinski definition) is 0. The van der Waals surface area contributed by atoms with Gasteiger partial charge in [-0.3, -0.25) is 10.1 Å². The highest BCUT2D eigenvalue weighted by molar-refractivity contribution is 5.95. The third kappa shape index (κ3) is 4.34. The van der Waals surface area contributed by atoms with Crippen LogP contribution in [0.4, 0.5) is 5.69 Å². The minimum absolute atomic E-state index is 0.00827. The Morgan fingerprint density at radius 1 is 0.829 bits per heavy atom. The first-order valence-electron chi connectivity index (χ1n) is 10.5. The van der Waals surface area contributed by atoms with Gasteiger partial charge < -0.3 is 18.3 Å². The van der Waals surface area contributed by atoms with E-state index in [0.29, 0.717) is 33.4 Å². The van der Waals surface area contributed by atoms with Crippen molar-refractivity contribution in [1.82, 2.24) is 0 Å². The van der Waals surface area contributed by atoms with Gasteiger partial charge in [-0.25, -0.2) is 9.59 Å². The van der Waals surface area contributed by atoms with Crippen LogP contribution in [0.1, 0.15) is 5.56 Å². The summed E-state index contributed by atoms with van der Waals surface area (Å²) in [6.45, 7) is 0.158. The van der Waals surface area contributed by atoms with Crippen LogP contribution in [0.5, 0.6) is 11.5 Å². The summed E-state index contributed by atoms with van der Waals surface area (Å²) >= 11 is 0. The lowest BCUT2D eigenvalue weighted by Gasteiger charge is -2.09. The molecule has 174 valence electrons. The van der Waals surface area contributed by atoms with Crippen LogP contribution in [0.3, 0.4) is 0 Å². The summed E-state index contributed by atoms with van der Waals surface area (Å²) in [4.78, 5) is 35.4. The third-order valence-electron chi connectivity index (χ3n) is 5.50. The first-order chi connectivity index (χ1) is 16.9. The number of rotatable bonds is 6. The molecule has 0 bridgehead atoms. The van der Waals surface area contributed by atoms with Gasteiger partial charge in [-0.1, -0.05) is 0 Å². The average molecular weight is 471 g/mol. The van der Waals surface area contributed by atoms with Crippen molar-refractivity contribution in [3.05, 3.63) is 109 Å². The number of benzene rings is 3. The molecule has 5 aromatic rings. The number of methoxy groups -OCH3 is 1. The van der Waals surface area contributed by atoms with E-state index in [2.05, 4.69) is 0 Å². The second-order valence-electron chi connectivity index (χ2n) is 7.70. The summed E-state index contributed by atoms with van der Waals surface area (Å²) in [5.74, 6) is 0.981. The van der Waals surface area contributed by atoms with Crippen LogP contribution in [0.2, 0.25) is 0 Å². The number of hydrogen-bond acceptors (Lipinski definition) is 8. The van der Waals surface area contributed by atoms with Crippen LogP contribution in [0, 0.1) is 10.1 Å². The number of nitro groups is 1. The van der Waals surface area contributed by atoms with E-state index in [1.165, 1.54) is 25.3 Å². The lowest BCUT2D eigenvalue weighted by Crippen LogP contribution is -2.06. The Hall–Kier alpha value is -4.92. The van der Waals surface area contributed by atoms with Crippen molar-refractivity contribution < 1.29 is 23.2 Å². The molecule has 2 aromatic heterocycles. The van der Waals surface area contributed by atoms with Gasteiger partial charge in [-0.15, -0.1) is 0 Å². The molecule has 2 heterocycles. The Labute approximate surface area is 196 Å². The molecular formula is C26H17NO8. The minimum atomic E-state index is -0.630. The summed E-state index contributed by atoms with van der Waals surface area (Å²) in [7, 11) is 1.52. The first kappa shape index (κ1) is 21.9. The molecule has 0 saturated carbocycles. The Balaban J connectivity index is 1.50. The molecule has 0 aliphatic carbocycles. The topological polar surface area (TPSA) is 122 Å². The lowest BCUT2D eigenvalue weighted by atomic mass is 10.0. The smallest absolute Gasteiger partial charge is 0.344 e. The fourth-order valence-corrected chi connectivity index (χ4v) is 3.74. The Kier molecular flexibility index (Phi) is 5.50. The van der Waals surface area contributed by atoms with Crippen LogP contribution >= 0.6 is 0 Å². The maximum absolute atomic E-state index is 12.8. The van der Waals surface area contributed by atoms with E-state index in [-0.39, 0.29) is 23.4 Å². The second kappa shape index (κ2) is 8.79. The van der Waals surface area contributed by atoms with E-state index in [0.717, 1.165) is 5.56 Å². The van der Waals surface area contributed by atoms with Crippen LogP contribution in [-0.2, 0) is 6.61 Å². The summed E-state index contributed by atoms with van der Waals surface area (Å²) in [5.41, 5.74) is 0.702. The zero-order valence-corrected chi connectivity index (χ0v) is 18.3. The molecule has 0 aliphatic heterocycles. The molecule has 0 spiro atoms. The van der Waals surface area contributed by atoms with Gasteiger partial charge in [0.05, 0.1) is 17.6 Å². The predicted octanol–water partition coefficient (Wildman–Crippen LogP) is 5.06. The van der Waals surface area contributed by atoms with Crippen molar-refractivity contribution in [2.24, 2.45) is 0 Å². The zero-order valence-electron chi connectivity index (χ0n) is 18.3. The summed E-state index contributed by atoms with van der Waals surface area (Å²) < 4.78 is 21.8. The Bertz CT molecular complexity index is 1700. The summed E-state index contributed by atoms with van der Waals surface area (Å²) in [6.07, 6.45) is 0. The van der Waals surface area contributed by atoms with E-state index in [4.69, 9.17) is 18.3 Å². The summed E-state index contributed by atoms with van der Waals surface area (Å²) in [6, 6.07) is 19.0. The van der Waals surface area contributed by atoms with Gasteiger partial charge in [0.2, 0.25) is 0 Å². The van der Waals surface area contributed by atoms with E-state index < -0.39 is 16.2 Å². The van der Waals surface area contributed by atoms with Crippen LogP contribution in [0.25, 0.3) is 33.1 Å². The van der Waals surface area contributed by atoms with E-state index in [1.807, 2.05) is 0 Å². The van der Waals surface area contributed by atoms with Gasteiger partial charge >= 0.3 is 11.3 Å². The number of nitrogens with zero attached hydrogens (tertiary/aromatic N) is 1. The van der Waals surface area contributed by atoms with Gasteiger partial charge in [0, 0.05) is 46.7 Å². The molecule has 9 nitrogen and oxygen atoms in total. The van der Waals surface area contributed by atoms with E-state index in [1.54, 1.807) is 54.6 Å². The van der Waals surface area contributed by atoms with Gasteiger partial charge in [0.1, 0.15) is 29.3 Å². The molecule has 0 saturated heterocycles. The number of nitro benzene ring substituents is 1. The van der Waals surface area contributed by atoms with Gasteiger partial charge in [-0.05, 0) is 48.0 Å². The van der Waals surface area contributed by atoms with E-state index >= 15 is 0 Å². The van der Waals surface area contributed by atoms with Gasteiger partial charge in [0.25, 0.3) is 5.69 Å². The largest absolute Gasteiger partial charge is 0.497 e. The minimum Gasteiger partial charge on any atom is -0.497 e. The highest BCUT2D eigenvalue weighted by atomic mass is 16.6. The Morgan fingerprint density at radius 2 is 1.57 bits per heavy atom. The molecule has 0 N–H and O–H groups in total. The molecule has 0 fully saturated rings. The second-order valence-corrected chi connectivity index (χ2v) is 7.70. The average Bonchev–Trinajstić information content (AvgIpc) is 2.86. The molecule has 9 heteroatoms. The SMILES string of the molecule is COc1ccc2cc(-c3cc(=O)oc4cc(OCc5ccc([N+](=O)[O-])cc5)ccc34)c(=O)oc2c1. The van der Waals surface area contributed by atoms with Crippen molar-refractivity contribution in [3.8, 4) is 22.6 Å². The zero-order chi connectivity index (χ0) is 24.5. The van der Waals surface area contributed by atoms with Crippen molar-refractivity contribution in [2.45, 2.75) is 6.61 Å². The molecular weight excluding hydrogens is 454 g/mol. The monoisotopic (exact) mass is 471 g/mol.